The van der Waals surface area contributed by atoms with E-state index >= 15 is 0 Å². The summed E-state index contributed by atoms with van der Waals surface area (Å²) >= 11 is 0. The summed E-state index contributed by atoms with van der Waals surface area (Å²) in [6.07, 6.45) is 4.04. The Balaban J connectivity index is 3.32. The van der Waals surface area contributed by atoms with Crippen LogP contribution in [0.2, 0.25) is 0 Å². The first-order valence-corrected chi connectivity index (χ1v) is 4.44. The number of aliphatic carboxylic acids is 1. The fourth-order valence-electron chi connectivity index (χ4n) is 1.01. The van der Waals surface area contributed by atoms with Gasteiger partial charge in [-0.25, -0.2) is 0 Å². The molecule has 0 radical (unpaired) electrons. The highest BCUT2D eigenvalue weighted by atomic mass is 32.2. The van der Waals surface area contributed by atoms with Crippen LogP contribution in [0.1, 0.15) is 0 Å². The van der Waals surface area contributed by atoms with E-state index in [2.05, 4.69) is 0 Å². The zero-order valence-electron chi connectivity index (χ0n) is 6.47. The van der Waals surface area contributed by atoms with Crippen molar-refractivity contribution in [3.8, 4) is 0 Å². The van der Waals surface area contributed by atoms with Crippen molar-refractivity contribution in [2.24, 2.45) is 11.7 Å². The van der Waals surface area contributed by atoms with E-state index in [9.17, 15) is 13.2 Å². The Kier molecular flexibility index (Phi) is 2.52. The molecule has 0 fully saturated rings. The lowest BCUT2D eigenvalue weighted by atomic mass is 9.99. The van der Waals surface area contributed by atoms with Crippen LogP contribution >= 0.6 is 0 Å². The lowest BCUT2D eigenvalue weighted by molar-refractivity contribution is -0.138. The van der Waals surface area contributed by atoms with Crippen LogP contribution in [0.5, 0.6) is 0 Å². The normalized spacial score (nSPS) is 21.1. The smallest absolute Gasteiger partial charge is 0.316 e. The zero-order valence-corrected chi connectivity index (χ0v) is 7.28. The number of carboxylic acid groups (broad SMARTS) is 1. The minimum Gasteiger partial charge on any atom is -0.481 e. The molecule has 1 aliphatic rings. The highest BCUT2D eigenvalue weighted by molar-refractivity contribution is 7.73. The van der Waals surface area contributed by atoms with Crippen LogP contribution < -0.4 is 5.73 Å². The Morgan fingerprint density at radius 2 is 2.15 bits per heavy atom. The predicted octanol–water partition coefficient (Wildman–Crippen LogP) is -0.849. The zero-order chi connectivity index (χ0) is 10.0. The average Bonchev–Trinajstić information content (AvgIpc) is 2.02. The summed E-state index contributed by atoms with van der Waals surface area (Å²) in [6, 6.07) is 0. The maximum absolute atomic E-state index is 10.6. The first-order valence-electron chi connectivity index (χ1n) is 3.37. The van der Waals surface area contributed by atoms with Crippen LogP contribution in [0.4, 0.5) is 0 Å². The van der Waals surface area contributed by atoms with Gasteiger partial charge in [0.05, 0.1) is 5.70 Å². The summed E-state index contributed by atoms with van der Waals surface area (Å²) in [5, 5.41) is 8.65. The van der Waals surface area contributed by atoms with Gasteiger partial charge in [-0.2, -0.15) is 8.42 Å². The third-order valence-corrected chi connectivity index (χ3v) is 2.44. The number of carboxylic acids is 1. The van der Waals surface area contributed by atoms with E-state index in [4.69, 9.17) is 10.8 Å². The second kappa shape index (κ2) is 3.44. The van der Waals surface area contributed by atoms with Crippen LogP contribution in [0.15, 0.2) is 23.9 Å². The molecule has 0 aromatic rings. The van der Waals surface area contributed by atoms with Gasteiger partial charge in [-0.1, -0.05) is 12.2 Å². The quantitative estimate of drug-likeness (QED) is 0.538. The Bertz CT molecular complexity index is 421. The molecule has 1 rings (SSSR count). The molecule has 0 saturated carbocycles. The van der Waals surface area contributed by atoms with Gasteiger partial charge in [0.1, 0.15) is 10.8 Å². The molecule has 1 unspecified atom stereocenters. The van der Waals surface area contributed by atoms with Crippen LogP contribution in [0.3, 0.4) is 0 Å². The van der Waals surface area contributed by atoms with Crippen LogP contribution in [0, 0.1) is 5.92 Å². The third kappa shape index (κ3) is 1.78. The molecule has 70 valence electrons. The molecule has 0 aliphatic heterocycles. The lowest BCUT2D eigenvalue weighted by Crippen LogP contribution is -2.29. The fourth-order valence-corrected chi connectivity index (χ4v) is 1.66. The van der Waals surface area contributed by atoms with E-state index < -0.39 is 22.2 Å². The number of carbonyl (C=O) groups is 1. The number of nitrogens with two attached hydrogens (primary N) is 1. The van der Waals surface area contributed by atoms with Gasteiger partial charge in [-0.3, -0.25) is 4.79 Å². The van der Waals surface area contributed by atoms with Gasteiger partial charge in [-0.15, -0.1) is 0 Å². The minimum absolute atomic E-state index is 0.0248. The van der Waals surface area contributed by atoms with E-state index in [1.54, 1.807) is 0 Å². The SMILES string of the molecule is NC1=CC=CC(C(=O)O)C1=S(=O)=O. The van der Waals surface area contributed by atoms with Crippen molar-refractivity contribution < 1.29 is 18.3 Å². The molecule has 3 N–H and O–H groups in total. The highest BCUT2D eigenvalue weighted by Crippen LogP contribution is 2.12. The van der Waals surface area contributed by atoms with Gasteiger partial charge in [0.15, 0.2) is 0 Å². The maximum Gasteiger partial charge on any atom is 0.316 e. The van der Waals surface area contributed by atoms with Gasteiger partial charge in [0.25, 0.3) is 0 Å². The molecule has 0 aromatic carbocycles. The van der Waals surface area contributed by atoms with Crippen molar-refractivity contribution in [2.45, 2.75) is 0 Å². The molecule has 6 heteroatoms. The van der Waals surface area contributed by atoms with Crippen molar-refractivity contribution >= 4 is 21.1 Å². The monoisotopic (exact) mass is 201 g/mol. The van der Waals surface area contributed by atoms with E-state index in [-0.39, 0.29) is 10.6 Å². The van der Waals surface area contributed by atoms with E-state index in [0.717, 1.165) is 0 Å². The van der Waals surface area contributed by atoms with Crippen molar-refractivity contribution in [2.75, 3.05) is 0 Å². The summed E-state index contributed by atoms with van der Waals surface area (Å²) in [5.74, 6) is -2.39. The summed E-state index contributed by atoms with van der Waals surface area (Å²) in [5.41, 5.74) is 5.30. The molecule has 1 atom stereocenters. The van der Waals surface area contributed by atoms with Gasteiger partial charge >= 0.3 is 5.97 Å². The third-order valence-electron chi connectivity index (χ3n) is 1.59. The summed E-state index contributed by atoms with van der Waals surface area (Å²) < 4.78 is 21.2. The van der Waals surface area contributed by atoms with E-state index in [0.29, 0.717) is 0 Å². The van der Waals surface area contributed by atoms with E-state index in [1.807, 2.05) is 0 Å². The van der Waals surface area contributed by atoms with Crippen LogP contribution in [-0.2, 0) is 15.1 Å². The summed E-state index contributed by atoms with van der Waals surface area (Å²) in [7, 11) is -2.59. The van der Waals surface area contributed by atoms with Crippen LogP contribution in [0.25, 0.3) is 0 Å². The maximum atomic E-state index is 10.6. The number of hydrogen-bond acceptors (Lipinski definition) is 4. The Hall–Kier alpha value is -1.56. The van der Waals surface area contributed by atoms with Gasteiger partial charge < -0.3 is 10.8 Å². The first-order chi connectivity index (χ1) is 6.04. The number of hydrogen-bond donors (Lipinski definition) is 2. The Morgan fingerprint density at radius 1 is 1.54 bits per heavy atom. The highest BCUT2D eigenvalue weighted by Gasteiger charge is 2.26. The van der Waals surface area contributed by atoms with Crippen molar-refractivity contribution in [3.05, 3.63) is 23.9 Å². The molecular formula is C7H7NO4S. The predicted molar refractivity (Wildman–Crippen MR) is 46.5 cm³/mol. The lowest BCUT2D eigenvalue weighted by Gasteiger charge is -2.11. The summed E-state index contributed by atoms with van der Waals surface area (Å²) in [6.45, 7) is 0. The molecule has 0 saturated heterocycles. The Labute approximate surface area is 75.7 Å². The minimum atomic E-state index is -2.59. The van der Waals surface area contributed by atoms with Crippen molar-refractivity contribution in [1.82, 2.24) is 0 Å². The molecule has 0 heterocycles. The molecule has 13 heavy (non-hydrogen) atoms. The van der Waals surface area contributed by atoms with Crippen LogP contribution in [-0.4, -0.2) is 24.4 Å². The second-order valence-electron chi connectivity index (χ2n) is 2.42. The molecule has 0 spiro atoms. The molecule has 1 aliphatic carbocycles. The summed E-state index contributed by atoms with van der Waals surface area (Å²) in [4.78, 5) is 10.3. The van der Waals surface area contributed by atoms with Gasteiger partial charge in [-0.05, 0) is 6.08 Å². The van der Waals surface area contributed by atoms with E-state index in [1.165, 1.54) is 18.2 Å². The van der Waals surface area contributed by atoms with Gasteiger partial charge in [0.2, 0.25) is 10.3 Å². The van der Waals surface area contributed by atoms with Crippen molar-refractivity contribution in [1.29, 1.82) is 0 Å². The molecule has 0 aromatic heterocycles. The fraction of sp³-hybridized carbons (Fsp3) is 0.143. The standard InChI is InChI=1S/C7H7NO4S/c8-5-3-1-2-4(7(9)10)6(5)13(11)12/h1-4H,8H2,(H,9,10). The molecular weight excluding hydrogens is 194 g/mol. The second-order valence-corrected chi connectivity index (χ2v) is 3.33. The average molecular weight is 201 g/mol. The largest absolute Gasteiger partial charge is 0.481 e. The number of allylic oxidation sites excluding steroid dienone is 3. The molecule has 5 nitrogen and oxygen atoms in total. The Morgan fingerprint density at radius 3 is 2.54 bits per heavy atom. The number of rotatable bonds is 1. The molecule has 0 amide bonds. The van der Waals surface area contributed by atoms with Crippen molar-refractivity contribution in [3.63, 3.8) is 0 Å². The molecule has 0 bridgehead atoms. The topological polar surface area (TPSA) is 97.5 Å². The van der Waals surface area contributed by atoms with Gasteiger partial charge in [0, 0.05) is 0 Å². The first kappa shape index (κ1) is 9.53.